The van der Waals surface area contributed by atoms with Gasteiger partial charge in [-0.1, -0.05) is 35.9 Å². The number of amides is 1. The lowest BCUT2D eigenvalue weighted by atomic mass is 9.64. The first-order chi connectivity index (χ1) is 10.9. The van der Waals surface area contributed by atoms with Gasteiger partial charge in [0.25, 0.3) is 0 Å². The monoisotopic (exact) mass is 311 g/mol. The molecule has 2 aliphatic rings. The minimum absolute atomic E-state index is 0.00164. The Morgan fingerprint density at radius 2 is 1.87 bits per heavy atom. The highest BCUT2D eigenvalue weighted by Crippen LogP contribution is 2.51. The number of carbonyl (C=O) groups is 2. The van der Waals surface area contributed by atoms with Crippen molar-refractivity contribution in [2.45, 2.75) is 39.5 Å². The summed E-state index contributed by atoms with van der Waals surface area (Å²) in [6.45, 7) is 9.16. The van der Waals surface area contributed by atoms with Gasteiger partial charge in [0.2, 0.25) is 5.91 Å². The second-order valence-corrected chi connectivity index (χ2v) is 7.22. The van der Waals surface area contributed by atoms with Crippen LogP contribution in [-0.2, 0) is 9.59 Å². The third kappa shape index (κ3) is 2.43. The zero-order valence-corrected chi connectivity index (χ0v) is 14.3. The van der Waals surface area contributed by atoms with Gasteiger partial charge in [-0.25, -0.2) is 0 Å². The van der Waals surface area contributed by atoms with Gasteiger partial charge in [-0.3, -0.25) is 9.59 Å². The van der Waals surface area contributed by atoms with Gasteiger partial charge in [-0.05, 0) is 44.2 Å². The van der Waals surface area contributed by atoms with Gasteiger partial charge >= 0.3 is 0 Å². The maximum atomic E-state index is 12.9. The van der Waals surface area contributed by atoms with Crippen molar-refractivity contribution < 1.29 is 9.59 Å². The first-order valence-corrected chi connectivity index (χ1v) is 8.42. The summed E-state index contributed by atoms with van der Waals surface area (Å²) in [6, 6.07) is 6.36. The van der Waals surface area contributed by atoms with Crippen LogP contribution < -0.4 is 0 Å². The first kappa shape index (κ1) is 16.0. The van der Waals surface area contributed by atoms with Crippen LogP contribution >= 0.6 is 0 Å². The number of Topliss-reactive ketones (excluding diaryl/α,β-unsaturated/α-hetero) is 1. The van der Waals surface area contributed by atoms with Gasteiger partial charge in [0.05, 0.1) is 0 Å². The molecule has 3 heteroatoms. The predicted molar refractivity (Wildman–Crippen MR) is 92.0 cm³/mol. The summed E-state index contributed by atoms with van der Waals surface area (Å²) >= 11 is 0. The number of hydrogen-bond acceptors (Lipinski definition) is 2. The Balaban J connectivity index is 2.04. The molecule has 3 rings (SSSR count). The molecule has 1 aromatic carbocycles. The van der Waals surface area contributed by atoms with E-state index in [9.17, 15) is 9.59 Å². The van der Waals surface area contributed by atoms with Crippen LogP contribution in [-0.4, -0.2) is 30.2 Å². The number of piperidine rings is 1. The fourth-order valence-electron chi connectivity index (χ4n) is 4.48. The van der Waals surface area contributed by atoms with E-state index in [-0.39, 0.29) is 17.6 Å². The molecule has 0 N–H and O–H groups in total. The van der Waals surface area contributed by atoms with E-state index in [4.69, 9.17) is 0 Å². The molecule has 122 valence electrons. The molecule has 1 heterocycles. The van der Waals surface area contributed by atoms with Crippen molar-refractivity contribution in [3.63, 3.8) is 0 Å². The average molecular weight is 311 g/mol. The quantitative estimate of drug-likeness (QED) is 0.784. The van der Waals surface area contributed by atoms with Crippen LogP contribution in [0.3, 0.4) is 0 Å². The van der Waals surface area contributed by atoms with Crippen LogP contribution in [0.4, 0.5) is 0 Å². The summed E-state index contributed by atoms with van der Waals surface area (Å²) in [5.74, 6) is 0.0498. The Morgan fingerprint density at radius 3 is 2.43 bits per heavy atom. The van der Waals surface area contributed by atoms with Crippen molar-refractivity contribution in [3.05, 3.63) is 41.5 Å². The molecule has 0 unspecified atom stereocenters. The second-order valence-electron chi connectivity index (χ2n) is 7.22. The SMILES string of the molecule is C=C(c1cc(C)cc(C)c1)[C@@H]1CCN(C)C(=O)[C@]12CCCC2=O. The van der Waals surface area contributed by atoms with Crippen molar-refractivity contribution >= 4 is 17.3 Å². The minimum atomic E-state index is -0.859. The topological polar surface area (TPSA) is 37.4 Å². The van der Waals surface area contributed by atoms with Crippen LogP contribution in [0, 0.1) is 25.2 Å². The molecule has 0 aromatic heterocycles. The van der Waals surface area contributed by atoms with Crippen LogP contribution in [0.15, 0.2) is 24.8 Å². The van der Waals surface area contributed by atoms with E-state index < -0.39 is 5.41 Å². The molecular formula is C20H25NO2. The van der Waals surface area contributed by atoms with Gasteiger partial charge < -0.3 is 4.90 Å². The number of nitrogens with zero attached hydrogens (tertiary/aromatic N) is 1. The fourth-order valence-corrected chi connectivity index (χ4v) is 4.48. The Hall–Kier alpha value is -1.90. The highest BCUT2D eigenvalue weighted by Gasteiger charge is 2.57. The molecule has 3 nitrogen and oxygen atoms in total. The lowest BCUT2D eigenvalue weighted by Gasteiger charge is -2.43. The molecule has 0 radical (unpaired) electrons. The van der Waals surface area contributed by atoms with Crippen molar-refractivity contribution in [2.75, 3.05) is 13.6 Å². The summed E-state index contributed by atoms with van der Waals surface area (Å²) in [7, 11) is 1.81. The van der Waals surface area contributed by atoms with E-state index in [1.54, 1.807) is 4.90 Å². The number of allylic oxidation sites excluding steroid dienone is 1. The smallest absolute Gasteiger partial charge is 0.236 e. The minimum Gasteiger partial charge on any atom is -0.345 e. The van der Waals surface area contributed by atoms with Crippen LogP contribution in [0.1, 0.15) is 42.4 Å². The van der Waals surface area contributed by atoms with Crippen molar-refractivity contribution in [1.29, 1.82) is 0 Å². The largest absolute Gasteiger partial charge is 0.345 e. The lowest BCUT2D eigenvalue weighted by Crippen LogP contribution is -2.54. The van der Waals surface area contributed by atoms with E-state index >= 15 is 0 Å². The number of aryl methyl sites for hydroxylation is 2. The molecule has 1 saturated heterocycles. The third-order valence-electron chi connectivity index (χ3n) is 5.56. The summed E-state index contributed by atoms with van der Waals surface area (Å²) in [5.41, 5.74) is 3.54. The van der Waals surface area contributed by atoms with Gasteiger partial charge in [-0.2, -0.15) is 0 Å². The van der Waals surface area contributed by atoms with Gasteiger partial charge in [-0.15, -0.1) is 0 Å². The Bertz CT molecular complexity index is 671. The van der Waals surface area contributed by atoms with Crippen molar-refractivity contribution in [1.82, 2.24) is 4.90 Å². The van der Waals surface area contributed by atoms with Crippen LogP contribution in [0.2, 0.25) is 0 Å². The molecule has 1 amide bonds. The van der Waals surface area contributed by atoms with E-state index in [0.717, 1.165) is 24.0 Å². The average Bonchev–Trinajstić information content (AvgIpc) is 2.86. The fraction of sp³-hybridized carbons (Fsp3) is 0.500. The molecular weight excluding hydrogens is 286 g/mol. The van der Waals surface area contributed by atoms with Gasteiger partial charge in [0.15, 0.2) is 0 Å². The molecule has 1 aliphatic heterocycles. The number of likely N-dealkylation sites (tertiary alicyclic amines) is 1. The first-order valence-electron chi connectivity index (χ1n) is 8.42. The lowest BCUT2D eigenvalue weighted by molar-refractivity contribution is -0.153. The van der Waals surface area contributed by atoms with Gasteiger partial charge in [0, 0.05) is 25.9 Å². The van der Waals surface area contributed by atoms with E-state index in [2.05, 4.69) is 38.6 Å². The number of rotatable bonds is 2. The molecule has 1 saturated carbocycles. The maximum absolute atomic E-state index is 12.9. The highest BCUT2D eigenvalue weighted by molar-refractivity contribution is 6.09. The molecule has 23 heavy (non-hydrogen) atoms. The number of carbonyl (C=O) groups excluding carboxylic acids is 2. The van der Waals surface area contributed by atoms with Crippen molar-refractivity contribution in [3.8, 4) is 0 Å². The second kappa shape index (κ2) is 5.63. The van der Waals surface area contributed by atoms with Crippen LogP contribution in [0.25, 0.3) is 5.57 Å². The molecule has 1 aliphatic carbocycles. The molecule has 1 spiro atoms. The normalized spacial score (nSPS) is 27.8. The Kier molecular flexibility index (Phi) is 3.91. The zero-order chi connectivity index (χ0) is 16.8. The molecule has 2 fully saturated rings. The maximum Gasteiger partial charge on any atom is 0.236 e. The summed E-state index contributed by atoms with van der Waals surface area (Å²) in [6.07, 6.45) is 2.83. The summed E-state index contributed by atoms with van der Waals surface area (Å²) < 4.78 is 0. The summed E-state index contributed by atoms with van der Waals surface area (Å²) in [5, 5.41) is 0. The number of benzene rings is 1. The molecule has 0 bridgehead atoms. The summed E-state index contributed by atoms with van der Waals surface area (Å²) in [4.78, 5) is 27.3. The third-order valence-corrected chi connectivity index (χ3v) is 5.56. The predicted octanol–water partition coefficient (Wildman–Crippen LogP) is 3.53. The van der Waals surface area contributed by atoms with Crippen molar-refractivity contribution in [2.24, 2.45) is 11.3 Å². The number of hydrogen-bond donors (Lipinski definition) is 0. The van der Waals surface area contributed by atoms with E-state index in [0.29, 0.717) is 19.4 Å². The Morgan fingerprint density at radius 1 is 1.22 bits per heavy atom. The molecule has 2 atom stereocenters. The van der Waals surface area contributed by atoms with E-state index in [1.165, 1.54) is 11.1 Å². The molecule has 1 aromatic rings. The Labute approximate surface area is 138 Å². The number of ketones is 1. The van der Waals surface area contributed by atoms with Crippen LogP contribution in [0.5, 0.6) is 0 Å². The van der Waals surface area contributed by atoms with Gasteiger partial charge in [0.1, 0.15) is 11.2 Å². The highest BCUT2D eigenvalue weighted by atomic mass is 16.2. The standard InChI is InChI=1S/C20H25NO2/c1-13-10-14(2)12-16(11-13)15(3)17-7-9-21(4)19(23)20(17)8-5-6-18(20)22/h10-12,17H,3,5-9H2,1-2,4H3/t17-,20+/m0/s1. The van der Waals surface area contributed by atoms with E-state index in [1.807, 2.05) is 7.05 Å². The zero-order valence-electron chi connectivity index (χ0n) is 14.3.